The van der Waals surface area contributed by atoms with Gasteiger partial charge in [-0.2, -0.15) is 0 Å². The predicted octanol–water partition coefficient (Wildman–Crippen LogP) is -7.38. The minimum atomic E-state index is -1.49. The Morgan fingerprint density at radius 3 is 1.39 bits per heavy atom. The highest BCUT2D eigenvalue weighted by Gasteiger charge is 2.14. The van der Waals surface area contributed by atoms with Gasteiger partial charge in [0.05, 0.1) is 24.5 Å². The van der Waals surface area contributed by atoms with Crippen LogP contribution in [0.15, 0.2) is 4.99 Å². The Labute approximate surface area is 161 Å². The van der Waals surface area contributed by atoms with Gasteiger partial charge >= 0.3 is 5.97 Å². The van der Waals surface area contributed by atoms with Gasteiger partial charge in [-0.25, -0.2) is 0 Å². The van der Waals surface area contributed by atoms with Crippen molar-refractivity contribution in [1.82, 2.24) is 14.7 Å². The second kappa shape index (κ2) is 13.4. The van der Waals surface area contributed by atoms with Crippen LogP contribution in [-0.2, 0) is 19.2 Å². The Kier molecular flexibility index (Phi) is 12.1. The fourth-order valence-electron chi connectivity index (χ4n) is 2.26. The molecule has 28 heavy (non-hydrogen) atoms. The molecule has 160 valence electrons. The van der Waals surface area contributed by atoms with E-state index < -0.39 is 56.0 Å². The first-order valence-corrected chi connectivity index (χ1v) is 8.14. The minimum Gasteiger partial charge on any atom is -0.861 e. The van der Waals surface area contributed by atoms with Gasteiger partial charge in [0.1, 0.15) is 0 Å². The molecule has 0 radical (unpaired) electrons. The van der Waals surface area contributed by atoms with E-state index in [-0.39, 0.29) is 32.7 Å². The molecule has 0 aromatic rings. The van der Waals surface area contributed by atoms with Crippen molar-refractivity contribution in [2.24, 2.45) is 4.99 Å². The van der Waals surface area contributed by atoms with Gasteiger partial charge in [-0.1, -0.05) is 0 Å². The zero-order valence-corrected chi connectivity index (χ0v) is 15.4. The van der Waals surface area contributed by atoms with Crippen LogP contribution in [0.25, 0.3) is 0 Å². The van der Waals surface area contributed by atoms with Gasteiger partial charge < -0.3 is 44.9 Å². The van der Waals surface area contributed by atoms with Crippen LogP contribution in [0.2, 0.25) is 0 Å². The summed E-state index contributed by atoms with van der Waals surface area (Å²) in [6.45, 7) is -2.86. The first kappa shape index (κ1) is 25.2. The second-order valence-corrected chi connectivity index (χ2v) is 5.82. The summed E-state index contributed by atoms with van der Waals surface area (Å²) in [5.74, 6) is -6.20. The molecular formula is C15H22N4O9-4. The van der Waals surface area contributed by atoms with Crippen LogP contribution in [0.4, 0.5) is 0 Å². The summed E-state index contributed by atoms with van der Waals surface area (Å²) in [5.41, 5.74) is 0. The first-order valence-electron chi connectivity index (χ1n) is 8.14. The molecule has 0 aliphatic carbocycles. The van der Waals surface area contributed by atoms with Crippen LogP contribution in [-0.4, -0.2) is 116 Å². The number of nitrogens with zero attached hydrogens (tertiary/aromatic N) is 4. The molecule has 0 spiro atoms. The first-order chi connectivity index (χ1) is 13.0. The number of hydrogen-bond donors (Lipinski definition) is 1. The van der Waals surface area contributed by atoms with Crippen molar-refractivity contribution in [3.63, 3.8) is 0 Å². The smallest absolute Gasteiger partial charge is 0.317 e. The molecule has 0 aliphatic heterocycles. The molecule has 13 nitrogen and oxygen atoms in total. The van der Waals surface area contributed by atoms with Crippen molar-refractivity contribution in [2.45, 2.75) is 0 Å². The Balaban J connectivity index is 4.92. The number of carbonyl (C=O) groups is 4. The van der Waals surface area contributed by atoms with Gasteiger partial charge in [0.2, 0.25) is 0 Å². The SMILES string of the molecule is CN=C([O-])CN(CCN(CCN(CC(=O)[O-])CC(=O)O)CC(=O)[O-])CC(=O)[O-]. The zero-order valence-electron chi connectivity index (χ0n) is 15.4. The summed E-state index contributed by atoms with van der Waals surface area (Å²) in [6.07, 6.45) is 0. The normalized spacial score (nSPS) is 11.9. The quantitative estimate of drug-likeness (QED) is 0.189. The third kappa shape index (κ3) is 13.4. The molecule has 0 fully saturated rings. The summed E-state index contributed by atoms with van der Waals surface area (Å²) in [7, 11) is 1.25. The topological polar surface area (TPSA) is 203 Å². The lowest BCUT2D eigenvalue weighted by molar-refractivity contribution is -0.308. The zero-order chi connectivity index (χ0) is 21.7. The lowest BCUT2D eigenvalue weighted by Gasteiger charge is -2.31. The lowest BCUT2D eigenvalue weighted by Crippen LogP contribution is -2.49. The number of aliphatic imine (C=N–C) groups is 1. The third-order valence-electron chi connectivity index (χ3n) is 3.49. The van der Waals surface area contributed by atoms with Gasteiger partial charge in [-0.15, -0.1) is 0 Å². The van der Waals surface area contributed by atoms with Gasteiger partial charge in [0.25, 0.3) is 0 Å². The number of carboxylic acids is 4. The average Bonchev–Trinajstić information content (AvgIpc) is 2.54. The number of carbonyl (C=O) groups excluding carboxylic acids is 3. The molecule has 0 aromatic carbocycles. The van der Waals surface area contributed by atoms with Crippen molar-refractivity contribution < 1.29 is 44.7 Å². The number of rotatable bonds is 16. The molecule has 0 saturated carbocycles. The van der Waals surface area contributed by atoms with Crippen LogP contribution in [0.5, 0.6) is 0 Å². The number of hydrogen-bond acceptors (Lipinski definition) is 12. The van der Waals surface area contributed by atoms with E-state index in [9.17, 15) is 39.6 Å². The second-order valence-electron chi connectivity index (χ2n) is 5.82. The van der Waals surface area contributed by atoms with E-state index in [1.165, 1.54) is 16.8 Å². The maximum absolute atomic E-state index is 11.4. The van der Waals surface area contributed by atoms with E-state index in [1.807, 2.05) is 0 Å². The molecule has 0 heterocycles. The van der Waals surface area contributed by atoms with E-state index in [2.05, 4.69) is 4.99 Å². The van der Waals surface area contributed by atoms with Crippen LogP contribution in [0.3, 0.4) is 0 Å². The van der Waals surface area contributed by atoms with E-state index in [4.69, 9.17) is 5.11 Å². The van der Waals surface area contributed by atoms with Crippen LogP contribution >= 0.6 is 0 Å². The molecule has 1 N–H and O–H groups in total. The Hall–Kier alpha value is -2.77. The molecule has 13 heteroatoms. The summed E-state index contributed by atoms with van der Waals surface area (Å²) < 4.78 is 0. The predicted molar refractivity (Wildman–Crippen MR) is 85.3 cm³/mol. The molecule has 0 bridgehead atoms. The van der Waals surface area contributed by atoms with E-state index in [0.29, 0.717) is 0 Å². The molecule has 0 amide bonds. The molecule has 0 atom stereocenters. The van der Waals surface area contributed by atoms with Gasteiger partial charge in [-0.3, -0.25) is 19.5 Å². The lowest BCUT2D eigenvalue weighted by atomic mass is 10.3. The maximum Gasteiger partial charge on any atom is 0.317 e. The van der Waals surface area contributed by atoms with Gasteiger partial charge in [0, 0.05) is 59.4 Å². The van der Waals surface area contributed by atoms with E-state index in [1.54, 1.807) is 0 Å². The molecule has 0 aliphatic rings. The van der Waals surface area contributed by atoms with E-state index >= 15 is 0 Å². The monoisotopic (exact) mass is 402 g/mol. The number of carboxylic acid groups (broad SMARTS) is 4. The Morgan fingerprint density at radius 2 is 1.04 bits per heavy atom. The Bertz CT molecular complexity index is 566. The molecular weight excluding hydrogens is 380 g/mol. The summed E-state index contributed by atoms with van der Waals surface area (Å²) in [6, 6.07) is 0. The minimum absolute atomic E-state index is 0.00944. The van der Waals surface area contributed by atoms with Crippen molar-refractivity contribution >= 4 is 29.8 Å². The summed E-state index contributed by atoms with van der Waals surface area (Å²) >= 11 is 0. The van der Waals surface area contributed by atoms with Crippen LogP contribution in [0, 0.1) is 0 Å². The summed E-state index contributed by atoms with van der Waals surface area (Å²) in [4.78, 5) is 50.1. The van der Waals surface area contributed by atoms with Crippen molar-refractivity contribution in [3.05, 3.63) is 0 Å². The maximum atomic E-state index is 11.4. The van der Waals surface area contributed by atoms with Gasteiger partial charge in [0.15, 0.2) is 0 Å². The highest BCUT2D eigenvalue weighted by atomic mass is 16.4. The third-order valence-corrected chi connectivity index (χ3v) is 3.49. The standard InChI is InChI=1S/C15H26N4O9/c1-16-11(20)6-18(8-13(23)24)4-2-17(7-12(21)22)3-5-19(9-14(25)26)10-15(27)28/h2-10H2,1H3,(H,16,20)(H,21,22)(H,23,24)(H,25,26)(H,27,28)/p-4. The largest absolute Gasteiger partial charge is 0.861 e. The molecule has 0 aromatic heterocycles. The fraction of sp³-hybridized carbons (Fsp3) is 0.667. The van der Waals surface area contributed by atoms with Crippen LogP contribution in [0.1, 0.15) is 0 Å². The highest BCUT2D eigenvalue weighted by molar-refractivity contribution is 5.74. The fourth-order valence-corrected chi connectivity index (χ4v) is 2.26. The highest BCUT2D eigenvalue weighted by Crippen LogP contribution is 1.96. The molecule has 0 rings (SSSR count). The summed E-state index contributed by atoms with van der Waals surface area (Å²) in [5, 5.41) is 52.6. The van der Waals surface area contributed by atoms with Crippen molar-refractivity contribution in [3.8, 4) is 0 Å². The Morgan fingerprint density at radius 1 is 0.679 bits per heavy atom. The molecule has 0 saturated heterocycles. The average molecular weight is 402 g/mol. The molecule has 0 unspecified atom stereocenters. The number of aliphatic carboxylic acids is 4. The van der Waals surface area contributed by atoms with Crippen LogP contribution < -0.4 is 20.4 Å². The van der Waals surface area contributed by atoms with Gasteiger partial charge in [-0.05, 0) is 5.90 Å². The van der Waals surface area contributed by atoms with E-state index in [0.717, 1.165) is 4.90 Å². The van der Waals surface area contributed by atoms with Crippen molar-refractivity contribution in [1.29, 1.82) is 0 Å². The van der Waals surface area contributed by atoms with Crippen molar-refractivity contribution in [2.75, 3.05) is 66.0 Å².